The van der Waals surface area contributed by atoms with Crippen LogP contribution in [0, 0.1) is 0 Å². The number of aromatic nitrogens is 2. The van der Waals surface area contributed by atoms with Gasteiger partial charge in [-0.3, -0.25) is 24.0 Å². The number of nitrogens with one attached hydrogen (secondary N) is 2. The third-order valence-electron chi connectivity index (χ3n) is 5.67. The lowest BCUT2D eigenvalue weighted by Gasteiger charge is -2.49. The van der Waals surface area contributed by atoms with E-state index in [-0.39, 0.29) is 33.9 Å². The first-order valence-corrected chi connectivity index (χ1v) is 15.9. The second-order valence-corrected chi connectivity index (χ2v) is 14.7. The van der Waals surface area contributed by atoms with Crippen LogP contribution in [-0.4, -0.2) is 102 Å². The van der Waals surface area contributed by atoms with E-state index in [4.69, 9.17) is 34.0 Å². The zero-order valence-electron chi connectivity index (χ0n) is 25.7. The number of anilines is 1. The Morgan fingerprint density at radius 2 is 1.73 bits per heavy atom. The zero-order valence-corrected chi connectivity index (χ0v) is 28.1. The number of ether oxygens (including phenoxy) is 2. The summed E-state index contributed by atoms with van der Waals surface area (Å²) < 4.78 is 31.9. The van der Waals surface area contributed by atoms with Crippen LogP contribution >= 0.6 is 23.1 Å². The Morgan fingerprint density at radius 3 is 2.29 bits per heavy atom. The molecule has 3 heterocycles. The van der Waals surface area contributed by atoms with E-state index in [1.165, 1.54) is 13.8 Å². The molecule has 2 radical (unpaired) electrons. The van der Waals surface area contributed by atoms with Crippen molar-refractivity contribution in [2.75, 3.05) is 16.9 Å². The van der Waals surface area contributed by atoms with Crippen LogP contribution in [0.25, 0.3) is 0 Å². The average Bonchev–Trinajstić information content (AvgIpc) is 3.36. The van der Waals surface area contributed by atoms with E-state index in [2.05, 4.69) is 29.8 Å². The fourth-order valence-corrected chi connectivity index (χ4v) is 6.33. The van der Waals surface area contributed by atoms with Crippen LogP contribution in [0.2, 0.25) is 0 Å². The molecule has 3 amide bonds. The van der Waals surface area contributed by atoms with Gasteiger partial charge in [0.25, 0.3) is 11.8 Å². The molecule has 45 heavy (non-hydrogen) atoms. The molecular formula is C25H32BClN6O10S2. The van der Waals surface area contributed by atoms with Gasteiger partial charge in [-0.2, -0.15) is 9.36 Å². The highest BCUT2D eigenvalue weighted by atomic mass is 35.5. The molecule has 16 nitrogen and oxygen atoms in total. The summed E-state index contributed by atoms with van der Waals surface area (Å²) in [5.74, 6) is -4.51. The average molecular weight is 687 g/mol. The van der Waals surface area contributed by atoms with Gasteiger partial charge in [-0.25, -0.2) is 14.4 Å². The lowest BCUT2D eigenvalue weighted by Crippen LogP contribution is -2.74. The normalized spacial score (nSPS) is 20.5. The fraction of sp³-hybridized carbons (Fsp3) is 0.600. The molecule has 2 N–H and O–H groups in total. The second kappa shape index (κ2) is 13.4. The Bertz CT molecular complexity index is 1480. The Morgan fingerprint density at radius 1 is 1.11 bits per heavy atom. The van der Waals surface area contributed by atoms with Crippen molar-refractivity contribution in [3.05, 3.63) is 17.1 Å². The van der Waals surface area contributed by atoms with E-state index in [0.717, 1.165) is 4.90 Å². The smallest absolute Gasteiger partial charge is 0.414 e. The molecule has 1 unspecified atom stereocenters. The van der Waals surface area contributed by atoms with Crippen molar-refractivity contribution >= 4 is 82.7 Å². The van der Waals surface area contributed by atoms with Gasteiger partial charge in [0.05, 0.1) is 16.6 Å². The Labute approximate surface area is 271 Å². The lowest BCUT2D eigenvalue weighted by atomic mass is 10.0. The molecule has 2 aliphatic heterocycles. The minimum atomic E-state index is -1.79. The van der Waals surface area contributed by atoms with Gasteiger partial charge in [-0.1, -0.05) is 5.16 Å². The summed E-state index contributed by atoms with van der Waals surface area (Å²) in [6.45, 7) is 12.6. The maximum atomic E-state index is 13.6. The molecule has 3 atom stereocenters. The van der Waals surface area contributed by atoms with Crippen molar-refractivity contribution in [2.45, 2.75) is 83.6 Å². The van der Waals surface area contributed by atoms with Crippen LogP contribution in [0.15, 0.2) is 16.4 Å². The molecule has 0 spiro atoms. The predicted molar refractivity (Wildman–Crippen MR) is 162 cm³/mol. The summed E-state index contributed by atoms with van der Waals surface area (Å²) in [7, 11) is 3.23. The first-order chi connectivity index (χ1) is 20.7. The van der Waals surface area contributed by atoms with Crippen molar-refractivity contribution in [1.82, 2.24) is 19.6 Å². The topological polar surface area (TPSA) is 205 Å². The van der Waals surface area contributed by atoms with Crippen molar-refractivity contribution in [2.24, 2.45) is 5.16 Å². The maximum absolute atomic E-state index is 13.6. The number of carbonyl (C=O) groups is 5. The van der Waals surface area contributed by atoms with Gasteiger partial charge in [0, 0.05) is 17.4 Å². The summed E-state index contributed by atoms with van der Waals surface area (Å²) in [4.78, 5) is 74.4. The number of alkyl halides is 1. The van der Waals surface area contributed by atoms with Gasteiger partial charge in [-0.15, -0.1) is 11.6 Å². The first-order valence-electron chi connectivity index (χ1n) is 13.2. The quantitative estimate of drug-likeness (QED) is 0.0941. The molecule has 0 bridgehead atoms. The van der Waals surface area contributed by atoms with E-state index < -0.39 is 74.6 Å². The molecule has 3 rings (SSSR count). The summed E-state index contributed by atoms with van der Waals surface area (Å²) in [6, 6.07) is -1.39. The van der Waals surface area contributed by atoms with Crippen molar-refractivity contribution in [3.8, 4) is 0 Å². The number of esters is 1. The van der Waals surface area contributed by atoms with Gasteiger partial charge >= 0.3 is 26.1 Å². The number of nitrogens with zero attached hydrogens (tertiary/aromatic N) is 4. The highest BCUT2D eigenvalue weighted by Crippen LogP contribution is 2.35. The summed E-state index contributed by atoms with van der Waals surface area (Å²) in [5.41, 5.74) is -4.07. The van der Waals surface area contributed by atoms with Crippen molar-refractivity contribution < 1.29 is 47.1 Å². The lowest BCUT2D eigenvalue weighted by molar-refractivity contribution is -0.179. The molecule has 1 saturated heterocycles. The van der Waals surface area contributed by atoms with Crippen LogP contribution < -0.4 is 10.6 Å². The molecule has 1 fully saturated rings. The largest absolute Gasteiger partial charge is 0.539 e. The number of carbonyl (C=O) groups excluding carboxylic acids is 5. The highest BCUT2D eigenvalue weighted by molar-refractivity contribution is 7.86. The number of β-lactam (4-membered cyclic amide) rings is 1. The van der Waals surface area contributed by atoms with E-state index in [1.54, 1.807) is 41.5 Å². The summed E-state index contributed by atoms with van der Waals surface area (Å²) in [5, 5.41) is 7.38. The second-order valence-electron chi connectivity index (χ2n) is 12.2. The predicted octanol–water partition coefficient (Wildman–Crippen LogP) is 1.26. The fourth-order valence-electron chi connectivity index (χ4n) is 3.75. The number of hydrogen-bond acceptors (Lipinski definition) is 14. The molecule has 2 aliphatic rings. The van der Waals surface area contributed by atoms with Gasteiger partial charge in [0.2, 0.25) is 22.3 Å². The molecule has 0 aromatic carbocycles. The van der Waals surface area contributed by atoms with E-state index >= 15 is 0 Å². The molecule has 20 heteroatoms. The van der Waals surface area contributed by atoms with Crippen molar-refractivity contribution in [3.63, 3.8) is 0 Å². The van der Waals surface area contributed by atoms with Gasteiger partial charge in [0.1, 0.15) is 28.3 Å². The van der Waals surface area contributed by atoms with Crippen LogP contribution in [0.1, 0.15) is 61.2 Å². The molecular weight excluding hydrogens is 655 g/mol. The van der Waals surface area contributed by atoms with Crippen molar-refractivity contribution in [1.29, 1.82) is 0 Å². The van der Waals surface area contributed by atoms with Gasteiger partial charge < -0.3 is 24.3 Å². The number of halogens is 1. The van der Waals surface area contributed by atoms with Crippen LogP contribution in [-0.2, 0) is 48.9 Å². The third-order valence-corrected chi connectivity index (χ3v) is 8.28. The van der Waals surface area contributed by atoms with Crippen LogP contribution in [0.4, 0.5) is 9.93 Å². The number of oxime groups is 1. The van der Waals surface area contributed by atoms with Crippen LogP contribution in [0.5, 0.6) is 0 Å². The minimum absolute atomic E-state index is 0.0749. The number of rotatable bonds is 9. The van der Waals surface area contributed by atoms with Crippen LogP contribution in [0.3, 0.4) is 0 Å². The first kappa shape index (κ1) is 35.9. The SMILES string of the molecule is [B]OC(=O)C1=C(CCl)CS(=O)[C@@H]2[C@H](NC(=O)/C(=N\OC(C)(C)C(=O)OC(C)(C)C)c3nsc(NC(=O)OC(C)(C)C)n3)C(=O)N12. The molecule has 244 valence electrons. The van der Waals surface area contributed by atoms with Gasteiger partial charge in [0.15, 0.2) is 0 Å². The minimum Gasteiger partial charge on any atom is -0.539 e. The zero-order chi connectivity index (χ0) is 34.1. The highest BCUT2D eigenvalue weighted by Gasteiger charge is 2.57. The van der Waals surface area contributed by atoms with E-state index in [1.807, 2.05) is 0 Å². The molecule has 1 aromatic rings. The number of amides is 3. The Balaban J connectivity index is 1.92. The standard InChI is InChI=1S/C25H32BClN6O10S2/c1-23(2,3)40-20(37)25(7,8)43-31-12(15-29-21(44-32-15)30-22(38)41-24(4,5)6)16(34)28-13-17(35)33-14(19(36)42-26)11(9-27)10-45(39)18(13)33/h13,18H,9-10H2,1-8H3,(H,28,34)(H,29,30,32,38)/b31-12-/t13-,18-,45?/m1/s1. The Kier molecular flexibility index (Phi) is 10.7. The summed E-state index contributed by atoms with van der Waals surface area (Å²) in [6.07, 6.45) is -0.841. The molecule has 0 saturated carbocycles. The number of hydrogen-bond donors (Lipinski definition) is 2. The number of fused-ring (bicyclic) bond motifs is 1. The monoisotopic (exact) mass is 686 g/mol. The third kappa shape index (κ3) is 8.58. The maximum Gasteiger partial charge on any atom is 0.414 e. The van der Waals surface area contributed by atoms with Gasteiger partial charge in [-0.05, 0) is 61.0 Å². The van der Waals surface area contributed by atoms with E-state index in [0.29, 0.717) is 11.5 Å². The Hall–Kier alpha value is -3.58. The summed E-state index contributed by atoms with van der Waals surface area (Å²) >= 11 is 6.57. The van der Waals surface area contributed by atoms with E-state index in [9.17, 15) is 28.2 Å². The molecule has 1 aromatic heterocycles. The molecule has 0 aliphatic carbocycles.